The fraction of sp³-hybridized carbons (Fsp3) is 0.174. The lowest BCUT2D eigenvalue weighted by Crippen LogP contribution is -2.44. The first-order valence-electron chi connectivity index (χ1n) is 9.37. The third-order valence-corrected chi connectivity index (χ3v) is 6.10. The van der Waals surface area contributed by atoms with E-state index in [1.807, 2.05) is 48.7 Å². The van der Waals surface area contributed by atoms with E-state index in [1.165, 1.54) is 11.3 Å². The smallest absolute Gasteiger partial charge is 0.322 e. The number of allylic oxidation sites excluding steroid dienone is 1. The predicted octanol–water partition coefficient (Wildman–Crippen LogP) is 4.82. The number of carbonyl (C=O) groups excluding carboxylic acids is 1. The minimum atomic E-state index is -0.330. The van der Waals surface area contributed by atoms with Crippen LogP contribution in [-0.2, 0) is 0 Å². The molecule has 0 fully saturated rings. The zero-order valence-corrected chi connectivity index (χ0v) is 17.7. The van der Waals surface area contributed by atoms with Crippen molar-refractivity contribution in [3.63, 3.8) is 0 Å². The number of carbonyl (C=O) groups is 1. The number of ether oxygens (including phenoxy) is 1. The summed E-state index contributed by atoms with van der Waals surface area (Å²) in [5, 5.41) is 14.9. The number of rotatable bonds is 4. The number of benzene rings is 2. The predicted molar refractivity (Wildman–Crippen MR) is 117 cm³/mol. The molecule has 2 heterocycles. The Balaban J connectivity index is 1.78. The highest BCUT2D eigenvalue weighted by atomic mass is 32.1. The van der Waals surface area contributed by atoms with E-state index in [9.17, 15) is 4.79 Å². The van der Waals surface area contributed by atoms with Gasteiger partial charge in [0.25, 0.3) is 0 Å². The second kappa shape index (κ2) is 8.01. The van der Waals surface area contributed by atoms with E-state index in [-0.39, 0.29) is 12.1 Å². The third-order valence-electron chi connectivity index (χ3n) is 5.23. The first-order chi connectivity index (χ1) is 14.5. The van der Waals surface area contributed by atoms with Crippen molar-refractivity contribution in [1.82, 2.24) is 15.2 Å². The SMILES string of the molecule is COc1cccc(C2NC(=O)N(C)C(C)=C2c2nc(-c3ccc(C#N)cc3)cs2)c1. The minimum Gasteiger partial charge on any atom is -0.497 e. The molecule has 0 bridgehead atoms. The molecular formula is C23H20N4O2S. The largest absolute Gasteiger partial charge is 0.497 e. The Bertz CT molecular complexity index is 1170. The van der Waals surface area contributed by atoms with Gasteiger partial charge in [-0.1, -0.05) is 24.3 Å². The van der Waals surface area contributed by atoms with E-state index in [0.29, 0.717) is 5.56 Å². The number of urea groups is 1. The molecule has 0 saturated heterocycles. The van der Waals surface area contributed by atoms with Crippen LogP contribution in [-0.4, -0.2) is 30.1 Å². The maximum absolute atomic E-state index is 12.5. The van der Waals surface area contributed by atoms with Gasteiger partial charge in [0.15, 0.2) is 0 Å². The third kappa shape index (κ3) is 3.53. The fourth-order valence-corrected chi connectivity index (χ4v) is 4.38. The molecule has 1 aromatic heterocycles. The Hall–Kier alpha value is -3.63. The van der Waals surface area contributed by atoms with Crippen molar-refractivity contribution in [2.24, 2.45) is 0 Å². The zero-order chi connectivity index (χ0) is 21.3. The highest BCUT2D eigenvalue weighted by Gasteiger charge is 2.32. The van der Waals surface area contributed by atoms with Crippen LogP contribution < -0.4 is 10.1 Å². The molecule has 7 heteroatoms. The van der Waals surface area contributed by atoms with E-state index in [0.717, 1.165) is 38.8 Å². The van der Waals surface area contributed by atoms with Crippen LogP contribution in [0.2, 0.25) is 0 Å². The van der Waals surface area contributed by atoms with Gasteiger partial charge in [-0.15, -0.1) is 11.3 Å². The molecule has 1 unspecified atom stereocenters. The summed E-state index contributed by atoms with van der Waals surface area (Å²) in [5.41, 5.74) is 5.13. The van der Waals surface area contributed by atoms with Gasteiger partial charge in [0, 0.05) is 29.3 Å². The Morgan fingerprint density at radius 1 is 1.23 bits per heavy atom. The van der Waals surface area contributed by atoms with Crippen LogP contribution in [0.25, 0.3) is 16.8 Å². The van der Waals surface area contributed by atoms with E-state index in [4.69, 9.17) is 15.0 Å². The van der Waals surface area contributed by atoms with Gasteiger partial charge in [-0.05, 0) is 36.8 Å². The van der Waals surface area contributed by atoms with Crippen LogP contribution in [0.1, 0.15) is 29.1 Å². The standard InChI is InChI=1S/C23H20N4O2S/c1-14-20(22-25-19(13-30-22)16-9-7-15(12-24)8-10-16)21(26-23(28)27(14)2)17-5-4-6-18(11-17)29-3/h4-11,13,21H,1-3H3,(H,26,28). The molecule has 2 amide bonds. The lowest BCUT2D eigenvalue weighted by molar-refractivity contribution is 0.214. The number of hydrogen-bond acceptors (Lipinski definition) is 5. The van der Waals surface area contributed by atoms with Crippen LogP contribution in [0.4, 0.5) is 4.79 Å². The topological polar surface area (TPSA) is 78.2 Å². The average Bonchev–Trinajstić information content (AvgIpc) is 3.27. The normalized spacial score (nSPS) is 16.3. The summed E-state index contributed by atoms with van der Waals surface area (Å²) in [6, 6.07) is 16.7. The lowest BCUT2D eigenvalue weighted by atomic mass is 9.95. The number of amides is 2. The molecule has 0 radical (unpaired) electrons. The number of nitriles is 1. The molecule has 3 aromatic rings. The Kier molecular flexibility index (Phi) is 5.25. The number of thiazole rings is 1. The maximum Gasteiger partial charge on any atom is 0.322 e. The summed E-state index contributed by atoms with van der Waals surface area (Å²) in [5.74, 6) is 0.732. The van der Waals surface area contributed by atoms with E-state index in [2.05, 4.69) is 11.4 Å². The second-order valence-corrected chi connectivity index (χ2v) is 7.80. The van der Waals surface area contributed by atoms with Gasteiger partial charge < -0.3 is 15.0 Å². The van der Waals surface area contributed by atoms with Gasteiger partial charge in [-0.3, -0.25) is 0 Å². The summed E-state index contributed by atoms with van der Waals surface area (Å²) >= 11 is 1.53. The molecule has 2 aromatic carbocycles. The van der Waals surface area contributed by atoms with Gasteiger partial charge in [-0.25, -0.2) is 9.78 Å². The fourth-order valence-electron chi connectivity index (χ4n) is 3.43. The molecule has 1 atom stereocenters. The van der Waals surface area contributed by atoms with Crippen LogP contribution >= 0.6 is 11.3 Å². The Labute approximate surface area is 179 Å². The number of nitrogens with one attached hydrogen (secondary N) is 1. The van der Waals surface area contributed by atoms with Crippen molar-refractivity contribution < 1.29 is 9.53 Å². The van der Waals surface area contributed by atoms with Crippen molar-refractivity contribution >= 4 is 22.9 Å². The first kappa shape index (κ1) is 19.7. The van der Waals surface area contributed by atoms with Crippen molar-refractivity contribution in [3.8, 4) is 23.1 Å². The number of aromatic nitrogens is 1. The number of nitrogens with zero attached hydrogens (tertiary/aromatic N) is 3. The summed E-state index contributed by atoms with van der Waals surface area (Å²) in [4.78, 5) is 19.0. The molecule has 1 aliphatic heterocycles. The molecule has 1 N–H and O–H groups in total. The summed E-state index contributed by atoms with van der Waals surface area (Å²) in [6.45, 7) is 1.93. The average molecular weight is 417 g/mol. The zero-order valence-electron chi connectivity index (χ0n) is 16.8. The van der Waals surface area contributed by atoms with Crippen molar-refractivity contribution in [3.05, 3.63) is 75.7 Å². The maximum atomic E-state index is 12.5. The highest BCUT2D eigenvalue weighted by molar-refractivity contribution is 7.11. The van der Waals surface area contributed by atoms with Gasteiger partial charge in [0.05, 0.1) is 30.5 Å². The molecule has 0 aliphatic carbocycles. The molecule has 1 aliphatic rings. The molecular weight excluding hydrogens is 396 g/mol. The highest BCUT2D eigenvalue weighted by Crippen LogP contribution is 2.39. The summed E-state index contributed by atoms with van der Waals surface area (Å²) in [6.07, 6.45) is 0. The first-order valence-corrected chi connectivity index (χ1v) is 10.2. The monoisotopic (exact) mass is 416 g/mol. The van der Waals surface area contributed by atoms with Crippen LogP contribution in [0.5, 0.6) is 5.75 Å². The molecule has 30 heavy (non-hydrogen) atoms. The molecule has 150 valence electrons. The van der Waals surface area contributed by atoms with Gasteiger partial charge in [-0.2, -0.15) is 5.26 Å². The molecule has 0 saturated carbocycles. The summed E-state index contributed by atoms with van der Waals surface area (Å²) < 4.78 is 5.37. The number of hydrogen-bond donors (Lipinski definition) is 1. The van der Waals surface area contributed by atoms with Crippen LogP contribution in [0.15, 0.2) is 59.6 Å². The molecule has 6 nitrogen and oxygen atoms in total. The lowest BCUT2D eigenvalue weighted by Gasteiger charge is -2.33. The molecule has 0 spiro atoms. The molecule has 4 rings (SSSR count). The Morgan fingerprint density at radius 2 is 2.00 bits per heavy atom. The number of methoxy groups -OCH3 is 1. The van der Waals surface area contributed by atoms with Gasteiger partial charge in [0.2, 0.25) is 0 Å². The van der Waals surface area contributed by atoms with Gasteiger partial charge >= 0.3 is 6.03 Å². The van der Waals surface area contributed by atoms with E-state index in [1.54, 1.807) is 31.2 Å². The minimum absolute atomic E-state index is 0.159. The van der Waals surface area contributed by atoms with Crippen molar-refractivity contribution in [2.75, 3.05) is 14.2 Å². The van der Waals surface area contributed by atoms with E-state index < -0.39 is 0 Å². The van der Waals surface area contributed by atoms with Crippen LogP contribution in [0.3, 0.4) is 0 Å². The van der Waals surface area contributed by atoms with Crippen LogP contribution in [0, 0.1) is 11.3 Å². The van der Waals surface area contributed by atoms with E-state index >= 15 is 0 Å². The van der Waals surface area contributed by atoms with Crippen molar-refractivity contribution in [1.29, 1.82) is 5.26 Å². The van der Waals surface area contributed by atoms with Gasteiger partial charge in [0.1, 0.15) is 10.8 Å². The Morgan fingerprint density at radius 3 is 2.70 bits per heavy atom. The quantitative estimate of drug-likeness (QED) is 0.662. The second-order valence-electron chi connectivity index (χ2n) is 6.94. The summed E-state index contributed by atoms with van der Waals surface area (Å²) in [7, 11) is 3.38. The van der Waals surface area contributed by atoms with Crippen molar-refractivity contribution in [2.45, 2.75) is 13.0 Å².